The molecule has 10 rings (SSSR count). The molecule has 4 atom stereocenters. The number of fused-ring (bicyclic) bond motifs is 4. The lowest BCUT2D eigenvalue weighted by Crippen LogP contribution is -2.52. The summed E-state index contributed by atoms with van der Waals surface area (Å²) in [6.07, 6.45) is 12.0. The van der Waals surface area contributed by atoms with Crippen LogP contribution in [0.1, 0.15) is 153 Å². The molecule has 2 aromatic carbocycles. The Labute approximate surface area is 414 Å². The maximum absolute atomic E-state index is 12.8. The van der Waals surface area contributed by atoms with E-state index in [1.54, 1.807) is 0 Å². The highest BCUT2D eigenvalue weighted by Gasteiger charge is 2.47. The molecule has 6 aliphatic rings. The number of ether oxygens (including phenoxy) is 2. The first kappa shape index (κ1) is 48.5. The molecular formula is C51H64Cl4N6O6. The van der Waals surface area contributed by atoms with E-state index in [4.69, 9.17) is 64.9 Å². The molecule has 4 bridgehead atoms. The molecule has 4 aliphatic heterocycles. The summed E-state index contributed by atoms with van der Waals surface area (Å²) in [5, 5.41) is 14.9. The minimum atomic E-state index is -0.478. The Kier molecular flexibility index (Phi) is 14.0. The Bertz CT molecular complexity index is 2390. The van der Waals surface area contributed by atoms with Crippen molar-refractivity contribution in [3.8, 4) is 22.5 Å². The first-order chi connectivity index (χ1) is 31.8. The van der Waals surface area contributed by atoms with Crippen molar-refractivity contribution >= 4 is 58.6 Å². The molecule has 362 valence electrons. The molecule has 2 aliphatic carbocycles. The Morgan fingerprint density at radius 2 is 1.03 bits per heavy atom. The molecule has 4 saturated heterocycles. The largest absolute Gasteiger partial charge is 0.444 e. The minimum absolute atomic E-state index is 0.174. The second-order valence-electron chi connectivity index (χ2n) is 21.6. The van der Waals surface area contributed by atoms with Crippen LogP contribution in [-0.4, -0.2) is 91.7 Å². The van der Waals surface area contributed by atoms with E-state index in [0.717, 1.165) is 122 Å². The predicted molar refractivity (Wildman–Crippen MR) is 262 cm³/mol. The number of hydrogen-bond acceptors (Lipinski definition) is 10. The molecule has 16 heteroatoms. The lowest BCUT2D eigenvalue weighted by atomic mass is 9.95. The van der Waals surface area contributed by atoms with Gasteiger partial charge in [-0.05, 0) is 150 Å². The molecule has 2 aromatic heterocycles. The monoisotopic (exact) mass is 996 g/mol. The fourth-order valence-corrected chi connectivity index (χ4v) is 12.0. The third kappa shape index (κ3) is 10.8. The topological polar surface area (TPSA) is 126 Å². The molecule has 0 radical (unpaired) electrons. The van der Waals surface area contributed by atoms with Crippen molar-refractivity contribution in [2.24, 2.45) is 0 Å². The third-order valence-electron chi connectivity index (χ3n) is 14.2. The van der Waals surface area contributed by atoms with E-state index >= 15 is 0 Å². The molecule has 4 aromatic rings. The first-order valence-electron chi connectivity index (χ1n) is 24.1. The number of nitrogens with zero attached hydrogens (tertiary/aromatic N) is 5. The van der Waals surface area contributed by atoms with E-state index in [2.05, 4.69) is 27.6 Å². The zero-order valence-corrected chi connectivity index (χ0v) is 42.7. The van der Waals surface area contributed by atoms with E-state index < -0.39 is 11.2 Å². The molecule has 12 nitrogen and oxygen atoms in total. The highest BCUT2D eigenvalue weighted by molar-refractivity contribution is 6.39. The van der Waals surface area contributed by atoms with Crippen molar-refractivity contribution in [2.45, 2.75) is 191 Å². The van der Waals surface area contributed by atoms with Crippen LogP contribution in [0, 0.1) is 0 Å². The van der Waals surface area contributed by atoms with Crippen molar-refractivity contribution < 1.29 is 28.1 Å². The highest BCUT2D eigenvalue weighted by atomic mass is 35.5. The number of rotatable bonds is 10. The summed E-state index contributed by atoms with van der Waals surface area (Å²) in [4.78, 5) is 32.0. The Morgan fingerprint density at radius 3 is 1.43 bits per heavy atom. The molecule has 1 N–H and O–H groups in total. The van der Waals surface area contributed by atoms with E-state index in [9.17, 15) is 9.59 Å². The van der Waals surface area contributed by atoms with Crippen LogP contribution in [-0.2, 0) is 22.6 Å². The number of hydrogen-bond donors (Lipinski definition) is 1. The van der Waals surface area contributed by atoms with Gasteiger partial charge < -0.3 is 33.6 Å². The molecule has 6 fully saturated rings. The number of benzene rings is 2. The fourth-order valence-electron chi connectivity index (χ4n) is 10.8. The van der Waals surface area contributed by atoms with Gasteiger partial charge in [0, 0.05) is 83.4 Å². The van der Waals surface area contributed by atoms with Gasteiger partial charge in [0.1, 0.15) is 34.1 Å². The average molecular weight is 999 g/mol. The number of halogens is 4. The highest BCUT2D eigenvalue weighted by Crippen LogP contribution is 2.48. The van der Waals surface area contributed by atoms with Crippen LogP contribution < -0.4 is 5.32 Å². The second kappa shape index (κ2) is 19.3. The van der Waals surface area contributed by atoms with E-state index in [1.165, 1.54) is 0 Å². The van der Waals surface area contributed by atoms with Gasteiger partial charge in [-0.3, -0.25) is 4.90 Å². The van der Waals surface area contributed by atoms with Crippen molar-refractivity contribution in [3.05, 3.63) is 79.1 Å². The van der Waals surface area contributed by atoms with Crippen molar-refractivity contribution in [1.29, 1.82) is 0 Å². The van der Waals surface area contributed by atoms with Crippen molar-refractivity contribution in [1.82, 2.24) is 30.3 Å². The Morgan fingerprint density at radius 1 is 0.642 bits per heavy atom. The van der Waals surface area contributed by atoms with Gasteiger partial charge in [-0.2, -0.15) is 0 Å². The SMILES string of the molecule is CC(C)(C)OC(=O)N1C2CCC1CC(NCc1c(-c3c(Cl)cccc3Cl)noc1C1CC1)C2.CN(Cc1c(-c2c(Cl)cccc2Cl)noc1C1CC1)C1CC2CCC(C1)N2C(=O)OC(C)(C)C. The molecule has 67 heavy (non-hydrogen) atoms. The van der Waals surface area contributed by atoms with E-state index in [1.807, 2.05) is 87.7 Å². The molecule has 6 heterocycles. The number of piperidine rings is 2. The lowest BCUT2D eigenvalue weighted by Gasteiger charge is -2.42. The zero-order chi connectivity index (χ0) is 47.5. The van der Waals surface area contributed by atoms with Crippen LogP contribution >= 0.6 is 46.4 Å². The summed E-state index contributed by atoms with van der Waals surface area (Å²) in [5.41, 5.74) is 4.13. The number of carbonyl (C=O) groups is 2. The number of amides is 2. The van der Waals surface area contributed by atoms with Gasteiger partial charge in [0.25, 0.3) is 0 Å². The van der Waals surface area contributed by atoms with Crippen molar-refractivity contribution in [2.75, 3.05) is 7.05 Å². The predicted octanol–water partition coefficient (Wildman–Crippen LogP) is 13.4. The van der Waals surface area contributed by atoms with Crippen LogP contribution in [0.2, 0.25) is 20.1 Å². The summed E-state index contributed by atoms with van der Waals surface area (Å²) in [6, 6.07) is 12.6. The lowest BCUT2D eigenvalue weighted by molar-refractivity contribution is -0.00294. The van der Waals surface area contributed by atoms with Crippen LogP contribution in [0.4, 0.5) is 9.59 Å². The Balaban J connectivity index is 0.000000168. The zero-order valence-electron chi connectivity index (χ0n) is 39.7. The molecule has 4 unspecified atom stereocenters. The normalized spacial score (nSPS) is 24.8. The van der Waals surface area contributed by atoms with Crippen LogP contribution in [0.3, 0.4) is 0 Å². The molecule has 2 saturated carbocycles. The van der Waals surface area contributed by atoms with Gasteiger partial charge in [0.05, 0.1) is 20.1 Å². The van der Waals surface area contributed by atoms with Gasteiger partial charge in [-0.1, -0.05) is 68.8 Å². The number of aromatic nitrogens is 2. The summed E-state index contributed by atoms with van der Waals surface area (Å²) in [6.45, 7) is 12.9. The number of nitrogens with one attached hydrogen (secondary N) is 1. The fraction of sp³-hybridized carbons (Fsp3) is 0.608. The molecular weight excluding hydrogens is 934 g/mol. The average Bonchev–Trinajstić information content (AvgIpc) is 4.15. The summed E-state index contributed by atoms with van der Waals surface area (Å²) < 4.78 is 23.0. The van der Waals surface area contributed by atoms with Crippen molar-refractivity contribution in [3.63, 3.8) is 0 Å². The second-order valence-corrected chi connectivity index (χ2v) is 23.3. The van der Waals surface area contributed by atoms with Gasteiger partial charge in [-0.25, -0.2) is 9.59 Å². The van der Waals surface area contributed by atoms with Gasteiger partial charge in [0.2, 0.25) is 0 Å². The van der Waals surface area contributed by atoms with E-state index in [-0.39, 0.29) is 36.4 Å². The van der Waals surface area contributed by atoms with Crippen LogP contribution in [0.5, 0.6) is 0 Å². The smallest absolute Gasteiger partial charge is 0.410 e. The molecule has 0 spiro atoms. The van der Waals surface area contributed by atoms with Crippen LogP contribution in [0.15, 0.2) is 45.4 Å². The summed E-state index contributed by atoms with van der Waals surface area (Å²) in [7, 11) is 2.16. The standard InChI is InChI=1S/C26H33Cl2N3O3.C25H31Cl2N3O3/c1-26(2,3)33-25(32)31-16-10-11-17(31)13-18(12-16)30(4)14-19-23(29-34-24(19)15-8-9-15)22-20(27)6-5-7-21(22)28;1-25(2,3)32-24(31)30-16-9-10-17(30)12-15(11-16)28-13-18-22(29-33-23(18)14-7-8-14)21-19(26)5-4-6-20(21)27/h5-7,15-18H,8-14H2,1-4H3;4-6,14-17,28H,7-13H2,1-3H3. The van der Waals surface area contributed by atoms with E-state index in [0.29, 0.717) is 57.1 Å². The number of carbonyl (C=O) groups excluding carboxylic acids is 2. The maximum Gasteiger partial charge on any atom is 0.410 e. The maximum atomic E-state index is 12.8. The van der Waals surface area contributed by atoms with Gasteiger partial charge in [-0.15, -0.1) is 0 Å². The van der Waals surface area contributed by atoms with Gasteiger partial charge >= 0.3 is 12.2 Å². The minimum Gasteiger partial charge on any atom is -0.444 e. The first-order valence-corrected chi connectivity index (χ1v) is 25.7. The molecule has 2 amide bonds. The Hall–Kier alpha value is -3.52. The third-order valence-corrected chi connectivity index (χ3v) is 15.4. The van der Waals surface area contributed by atoms with Gasteiger partial charge in [0.15, 0.2) is 0 Å². The summed E-state index contributed by atoms with van der Waals surface area (Å²) in [5.74, 6) is 2.76. The van der Waals surface area contributed by atoms with Crippen LogP contribution in [0.25, 0.3) is 22.5 Å². The quantitative estimate of drug-likeness (QED) is 0.164. The summed E-state index contributed by atoms with van der Waals surface area (Å²) >= 11 is 26.1.